The highest BCUT2D eigenvalue weighted by atomic mass is 32.1. The van der Waals surface area contributed by atoms with Gasteiger partial charge in [0.2, 0.25) is 0 Å². The monoisotopic (exact) mass is 339 g/mol. The standard InChI is InChI=1S/C18H17N3O2S/c22-18(23)15-7-6-12-4-3-5-14(16(12)20-15)17-19-10-13(24-17)11-21-8-1-2-9-21/h3-7,10H,1-2,8-9,11H2,(H,22,23). The van der Waals surface area contributed by atoms with Gasteiger partial charge in [0.05, 0.1) is 5.52 Å². The van der Waals surface area contributed by atoms with Crippen LogP contribution in [0.2, 0.25) is 0 Å². The fourth-order valence-electron chi connectivity index (χ4n) is 3.11. The maximum Gasteiger partial charge on any atom is 0.354 e. The van der Waals surface area contributed by atoms with Crippen LogP contribution in [-0.4, -0.2) is 39.0 Å². The minimum Gasteiger partial charge on any atom is -0.477 e. The Hall–Kier alpha value is -2.31. The largest absolute Gasteiger partial charge is 0.477 e. The number of likely N-dealkylation sites (tertiary alicyclic amines) is 1. The number of carbonyl (C=O) groups is 1. The number of para-hydroxylation sites is 1. The van der Waals surface area contributed by atoms with Crippen LogP contribution in [-0.2, 0) is 6.54 Å². The highest BCUT2D eigenvalue weighted by molar-refractivity contribution is 7.15. The lowest BCUT2D eigenvalue weighted by atomic mass is 10.1. The molecule has 1 aromatic carbocycles. The minimum atomic E-state index is -1.01. The van der Waals surface area contributed by atoms with E-state index in [2.05, 4.69) is 14.9 Å². The van der Waals surface area contributed by atoms with Gasteiger partial charge in [0.15, 0.2) is 0 Å². The van der Waals surface area contributed by atoms with E-state index in [1.54, 1.807) is 17.4 Å². The third kappa shape index (κ3) is 2.90. The van der Waals surface area contributed by atoms with Gasteiger partial charge < -0.3 is 5.11 Å². The van der Waals surface area contributed by atoms with Crippen LogP contribution in [0.4, 0.5) is 0 Å². The summed E-state index contributed by atoms with van der Waals surface area (Å²) < 4.78 is 0. The number of aromatic nitrogens is 2. The Labute approximate surface area is 143 Å². The molecule has 0 saturated carbocycles. The summed E-state index contributed by atoms with van der Waals surface area (Å²) in [5, 5.41) is 11.0. The maximum absolute atomic E-state index is 11.2. The Balaban J connectivity index is 1.71. The molecule has 5 nitrogen and oxygen atoms in total. The van der Waals surface area contributed by atoms with E-state index in [9.17, 15) is 9.90 Å². The molecule has 0 atom stereocenters. The number of thiazole rings is 1. The molecular weight excluding hydrogens is 322 g/mol. The molecule has 2 aromatic heterocycles. The summed E-state index contributed by atoms with van der Waals surface area (Å²) >= 11 is 1.66. The molecule has 1 saturated heterocycles. The molecule has 3 aromatic rings. The number of rotatable bonds is 4. The summed E-state index contributed by atoms with van der Waals surface area (Å²) in [6.45, 7) is 3.26. The van der Waals surface area contributed by atoms with Crippen molar-refractivity contribution in [2.75, 3.05) is 13.1 Å². The van der Waals surface area contributed by atoms with Gasteiger partial charge in [0.25, 0.3) is 0 Å². The van der Waals surface area contributed by atoms with Crippen molar-refractivity contribution in [3.63, 3.8) is 0 Å². The van der Waals surface area contributed by atoms with E-state index in [0.29, 0.717) is 5.52 Å². The fraction of sp³-hybridized carbons (Fsp3) is 0.278. The van der Waals surface area contributed by atoms with Crippen LogP contribution in [0.1, 0.15) is 28.2 Å². The van der Waals surface area contributed by atoms with E-state index in [1.807, 2.05) is 24.4 Å². The third-order valence-corrected chi connectivity index (χ3v) is 5.32. The second-order valence-corrected chi connectivity index (χ2v) is 7.11. The molecule has 4 rings (SSSR count). The average molecular weight is 339 g/mol. The normalized spacial score (nSPS) is 15.2. The highest BCUT2D eigenvalue weighted by Gasteiger charge is 2.15. The van der Waals surface area contributed by atoms with Crippen molar-refractivity contribution in [1.82, 2.24) is 14.9 Å². The Bertz CT molecular complexity index is 900. The van der Waals surface area contributed by atoms with Crippen molar-refractivity contribution in [3.05, 3.63) is 47.1 Å². The van der Waals surface area contributed by atoms with Crippen LogP contribution in [0.5, 0.6) is 0 Å². The third-order valence-electron chi connectivity index (χ3n) is 4.30. The summed E-state index contributed by atoms with van der Waals surface area (Å²) in [4.78, 5) is 23.8. The summed E-state index contributed by atoms with van der Waals surface area (Å²) in [5.74, 6) is -1.01. The van der Waals surface area contributed by atoms with Gasteiger partial charge in [-0.3, -0.25) is 4.90 Å². The smallest absolute Gasteiger partial charge is 0.354 e. The van der Waals surface area contributed by atoms with Crippen molar-refractivity contribution >= 4 is 28.2 Å². The Morgan fingerprint density at radius 1 is 1.21 bits per heavy atom. The van der Waals surface area contributed by atoms with Gasteiger partial charge in [-0.25, -0.2) is 14.8 Å². The molecule has 0 spiro atoms. The van der Waals surface area contributed by atoms with Crippen molar-refractivity contribution in [2.24, 2.45) is 0 Å². The lowest BCUT2D eigenvalue weighted by Crippen LogP contribution is -2.17. The fourth-order valence-corrected chi connectivity index (χ4v) is 4.09. The molecule has 122 valence electrons. The summed E-state index contributed by atoms with van der Waals surface area (Å²) in [7, 11) is 0. The molecule has 1 N–H and O–H groups in total. The van der Waals surface area contributed by atoms with E-state index in [0.717, 1.165) is 35.6 Å². The van der Waals surface area contributed by atoms with E-state index >= 15 is 0 Å². The van der Waals surface area contributed by atoms with Crippen LogP contribution in [0.15, 0.2) is 36.5 Å². The zero-order valence-electron chi connectivity index (χ0n) is 13.1. The number of benzene rings is 1. The number of nitrogens with zero attached hydrogens (tertiary/aromatic N) is 3. The first-order valence-corrected chi connectivity index (χ1v) is 8.83. The molecule has 0 aliphatic carbocycles. The number of hydrogen-bond acceptors (Lipinski definition) is 5. The minimum absolute atomic E-state index is 0.0591. The van der Waals surface area contributed by atoms with Crippen molar-refractivity contribution in [3.8, 4) is 10.6 Å². The zero-order chi connectivity index (χ0) is 16.5. The lowest BCUT2D eigenvalue weighted by molar-refractivity contribution is 0.0691. The molecule has 0 unspecified atom stereocenters. The Morgan fingerprint density at radius 2 is 2.04 bits per heavy atom. The van der Waals surface area contributed by atoms with E-state index in [4.69, 9.17) is 0 Å². The van der Waals surface area contributed by atoms with E-state index in [-0.39, 0.29) is 5.69 Å². The maximum atomic E-state index is 11.2. The molecule has 24 heavy (non-hydrogen) atoms. The van der Waals surface area contributed by atoms with Gasteiger partial charge in [-0.2, -0.15) is 0 Å². The summed E-state index contributed by atoms with van der Waals surface area (Å²) in [6.07, 6.45) is 4.48. The van der Waals surface area contributed by atoms with Gasteiger partial charge in [-0.15, -0.1) is 11.3 Å². The number of fused-ring (bicyclic) bond motifs is 1. The second kappa shape index (κ2) is 6.30. The summed E-state index contributed by atoms with van der Waals surface area (Å²) in [5.41, 5.74) is 1.65. The first-order chi connectivity index (χ1) is 11.7. The van der Waals surface area contributed by atoms with E-state index < -0.39 is 5.97 Å². The molecular formula is C18H17N3O2S. The van der Waals surface area contributed by atoms with Crippen molar-refractivity contribution in [1.29, 1.82) is 0 Å². The molecule has 0 amide bonds. The van der Waals surface area contributed by atoms with Crippen LogP contribution < -0.4 is 0 Å². The van der Waals surface area contributed by atoms with Gasteiger partial charge in [0, 0.05) is 28.6 Å². The molecule has 1 fully saturated rings. The predicted octanol–water partition coefficient (Wildman–Crippen LogP) is 3.65. The molecule has 0 radical (unpaired) electrons. The van der Waals surface area contributed by atoms with Crippen molar-refractivity contribution in [2.45, 2.75) is 19.4 Å². The van der Waals surface area contributed by atoms with Crippen molar-refractivity contribution < 1.29 is 9.90 Å². The second-order valence-electron chi connectivity index (χ2n) is 5.99. The first kappa shape index (κ1) is 15.2. The SMILES string of the molecule is O=C(O)c1ccc2cccc(-c3ncc(CN4CCCC4)s3)c2n1. The topological polar surface area (TPSA) is 66.3 Å². The first-order valence-electron chi connectivity index (χ1n) is 8.01. The van der Waals surface area contributed by atoms with Crippen LogP contribution >= 0.6 is 11.3 Å². The molecule has 1 aliphatic rings. The molecule has 1 aliphatic heterocycles. The van der Waals surface area contributed by atoms with Crippen LogP contribution in [0.25, 0.3) is 21.5 Å². The Kier molecular flexibility index (Phi) is 4.00. The Morgan fingerprint density at radius 3 is 2.83 bits per heavy atom. The average Bonchev–Trinajstić information content (AvgIpc) is 3.26. The zero-order valence-corrected chi connectivity index (χ0v) is 13.9. The molecule has 6 heteroatoms. The van der Waals surface area contributed by atoms with Gasteiger partial charge in [-0.05, 0) is 38.1 Å². The molecule has 0 bridgehead atoms. The number of hydrogen-bond donors (Lipinski definition) is 1. The molecule has 3 heterocycles. The number of pyridine rings is 1. The van der Waals surface area contributed by atoms with Gasteiger partial charge >= 0.3 is 5.97 Å². The lowest BCUT2D eigenvalue weighted by Gasteiger charge is -2.11. The number of aromatic carboxylic acids is 1. The summed E-state index contributed by atoms with van der Waals surface area (Å²) in [6, 6.07) is 9.19. The van der Waals surface area contributed by atoms with Gasteiger partial charge in [0.1, 0.15) is 10.7 Å². The number of carboxylic acid groups (broad SMARTS) is 1. The number of carboxylic acids is 1. The predicted molar refractivity (Wildman–Crippen MR) is 94.3 cm³/mol. The van der Waals surface area contributed by atoms with Crippen LogP contribution in [0.3, 0.4) is 0 Å². The van der Waals surface area contributed by atoms with Gasteiger partial charge in [-0.1, -0.05) is 18.2 Å². The quantitative estimate of drug-likeness (QED) is 0.786. The highest BCUT2D eigenvalue weighted by Crippen LogP contribution is 2.31. The van der Waals surface area contributed by atoms with E-state index in [1.165, 1.54) is 23.8 Å². The van der Waals surface area contributed by atoms with Crippen LogP contribution in [0, 0.1) is 0 Å².